The Bertz CT molecular complexity index is 697. The van der Waals surface area contributed by atoms with Gasteiger partial charge in [0.25, 0.3) is 0 Å². The number of benzene rings is 2. The van der Waals surface area contributed by atoms with E-state index in [1.165, 1.54) is 22.5 Å². The van der Waals surface area contributed by atoms with E-state index in [1.807, 2.05) is 0 Å². The lowest BCUT2D eigenvalue weighted by molar-refractivity contribution is 0.405. The van der Waals surface area contributed by atoms with E-state index in [-0.39, 0.29) is 5.41 Å². The molecule has 0 spiro atoms. The van der Waals surface area contributed by atoms with Crippen LogP contribution in [-0.4, -0.2) is 13.2 Å². The second-order valence-electron chi connectivity index (χ2n) is 6.07. The van der Waals surface area contributed by atoms with Crippen LogP contribution in [-0.2, 0) is 11.8 Å². The maximum Gasteiger partial charge on any atom is 0.109 e. The zero-order chi connectivity index (χ0) is 13.9. The summed E-state index contributed by atoms with van der Waals surface area (Å²) in [6.45, 7) is 2.37. The van der Waals surface area contributed by atoms with Crippen LogP contribution in [0.4, 0.5) is 11.4 Å². The molecule has 2 atom stereocenters. The summed E-state index contributed by atoms with van der Waals surface area (Å²) in [5.74, 6) is 0. The first-order chi connectivity index (χ1) is 9.59. The highest BCUT2D eigenvalue weighted by molar-refractivity contribution is 9.10. The lowest BCUT2D eigenvalue weighted by Crippen LogP contribution is -2.50. The first-order valence-corrected chi connectivity index (χ1v) is 7.76. The molecule has 102 valence electrons. The molecule has 0 radical (unpaired) electrons. The Kier molecular flexibility index (Phi) is 2.46. The van der Waals surface area contributed by atoms with Gasteiger partial charge in [0.1, 0.15) is 6.17 Å². The van der Waals surface area contributed by atoms with Crippen molar-refractivity contribution in [1.29, 1.82) is 0 Å². The highest BCUT2D eigenvalue weighted by Crippen LogP contribution is 2.50. The molecule has 0 fully saturated rings. The summed E-state index contributed by atoms with van der Waals surface area (Å²) < 4.78 is 1.16. The third-order valence-corrected chi connectivity index (χ3v) is 5.31. The molecule has 0 amide bonds. The summed E-state index contributed by atoms with van der Waals surface area (Å²) in [4.78, 5) is 2.37. The quantitative estimate of drug-likeness (QED) is 0.781. The highest BCUT2D eigenvalue weighted by Gasteiger charge is 2.49. The smallest absolute Gasteiger partial charge is 0.109 e. The maximum absolute atomic E-state index is 3.73. The van der Waals surface area contributed by atoms with Crippen LogP contribution in [0.2, 0.25) is 0 Å². The van der Waals surface area contributed by atoms with Gasteiger partial charge in [-0.05, 0) is 41.8 Å². The van der Waals surface area contributed by atoms with E-state index in [0.29, 0.717) is 6.17 Å². The molecule has 0 aromatic heterocycles. The lowest BCUT2D eigenvalue weighted by Gasteiger charge is -2.41. The Morgan fingerprint density at radius 1 is 1.25 bits per heavy atom. The fraction of sp³-hybridized carbons (Fsp3) is 0.294. The SMILES string of the molecule is CN1c2ccc(Br)cc2C2(C)Cc3ccccc3N[C@H]12. The molecule has 2 nitrogen and oxygen atoms in total. The van der Waals surface area contributed by atoms with E-state index < -0.39 is 0 Å². The van der Waals surface area contributed by atoms with Crippen LogP contribution >= 0.6 is 15.9 Å². The lowest BCUT2D eigenvalue weighted by atomic mass is 9.74. The fourth-order valence-corrected chi connectivity index (χ4v) is 4.15. The summed E-state index contributed by atoms with van der Waals surface area (Å²) in [5.41, 5.74) is 5.56. The first-order valence-electron chi connectivity index (χ1n) is 6.97. The van der Waals surface area contributed by atoms with Gasteiger partial charge in [-0.15, -0.1) is 0 Å². The van der Waals surface area contributed by atoms with Gasteiger partial charge in [0.15, 0.2) is 0 Å². The van der Waals surface area contributed by atoms with Crippen molar-refractivity contribution in [3.63, 3.8) is 0 Å². The molecule has 2 aromatic rings. The minimum Gasteiger partial charge on any atom is -0.364 e. The van der Waals surface area contributed by atoms with Crippen molar-refractivity contribution in [3.05, 3.63) is 58.1 Å². The zero-order valence-corrected chi connectivity index (χ0v) is 13.2. The number of nitrogens with one attached hydrogen (secondary N) is 1. The van der Waals surface area contributed by atoms with Crippen molar-refractivity contribution in [3.8, 4) is 0 Å². The molecule has 1 N–H and O–H groups in total. The van der Waals surface area contributed by atoms with Crippen LogP contribution in [0.25, 0.3) is 0 Å². The average Bonchev–Trinajstić information content (AvgIpc) is 2.65. The highest BCUT2D eigenvalue weighted by atomic mass is 79.9. The first kappa shape index (κ1) is 12.3. The third kappa shape index (κ3) is 1.50. The summed E-state index contributed by atoms with van der Waals surface area (Å²) >= 11 is 3.62. The van der Waals surface area contributed by atoms with Crippen LogP contribution in [0.5, 0.6) is 0 Å². The van der Waals surface area contributed by atoms with Crippen molar-refractivity contribution in [2.75, 3.05) is 17.3 Å². The Labute approximate surface area is 127 Å². The van der Waals surface area contributed by atoms with Gasteiger partial charge in [0, 0.05) is 28.3 Å². The van der Waals surface area contributed by atoms with E-state index in [4.69, 9.17) is 0 Å². The normalized spacial score (nSPS) is 26.6. The molecule has 2 aromatic carbocycles. The minimum absolute atomic E-state index is 0.113. The number of hydrogen-bond donors (Lipinski definition) is 1. The predicted octanol–water partition coefficient (Wildman–Crippen LogP) is 4.15. The van der Waals surface area contributed by atoms with Crippen molar-refractivity contribution >= 4 is 27.3 Å². The van der Waals surface area contributed by atoms with Crippen LogP contribution in [0, 0.1) is 0 Å². The summed E-state index contributed by atoms with van der Waals surface area (Å²) in [6.07, 6.45) is 1.40. The molecule has 2 aliphatic rings. The van der Waals surface area contributed by atoms with Gasteiger partial charge in [-0.2, -0.15) is 0 Å². The molecular weight excluding hydrogens is 312 g/mol. The number of nitrogens with zero attached hydrogens (tertiary/aromatic N) is 1. The molecule has 0 bridgehead atoms. The van der Waals surface area contributed by atoms with Crippen molar-refractivity contribution in [2.45, 2.75) is 24.9 Å². The Hall–Kier alpha value is -1.48. The minimum atomic E-state index is 0.113. The molecule has 2 heterocycles. The molecule has 0 saturated heterocycles. The van der Waals surface area contributed by atoms with E-state index in [9.17, 15) is 0 Å². The number of rotatable bonds is 0. The van der Waals surface area contributed by atoms with Gasteiger partial charge in [-0.1, -0.05) is 41.1 Å². The predicted molar refractivity (Wildman–Crippen MR) is 87.5 cm³/mol. The standard InChI is InChI=1S/C17H17BrN2/c1-17-10-11-5-3-4-6-14(11)19-16(17)20(2)15-8-7-12(18)9-13(15)17/h3-9,16,19H,10H2,1-2H3/t16-,17?/m1/s1. The largest absolute Gasteiger partial charge is 0.364 e. The fourth-order valence-electron chi connectivity index (χ4n) is 3.79. The van der Waals surface area contributed by atoms with E-state index >= 15 is 0 Å². The molecule has 2 aliphatic heterocycles. The number of likely N-dealkylation sites (N-methyl/N-ethyl adjacent to an activating group) is 1. The second kappa shape index (κ2) is 4.01. The average molecular weight is 329 g/mol. The molecule has 0 aliphatic carbocycles. The number of halogens is 1. The molecule has 20 heavy (non-hydrogen) atoms. The maximum atomic E-state index is 3.73. The second-order valence-corrected chi connectivity index (χ2v) is 6.99. The third-order valence-electron chi connectivity index (χ3n) is 4.81. The molecule has 3 heteroatoms. The monoisotopic (exact) mass is 328 g/mol. The Balaban J connectivity index is 1.90. The van der Waals surface area contributed by atoms with Gasteiger partial charge in [0.2, 0.25) is 0 Å². The molecule has 4 rings (SSSR count). The van der Waals surface area contributed by atoms with Crippen LogP contribution in [0.15, 0.2) is 46.9 Å². The van der Waals surface area contributed by atoms with Gasteiger partial charge < -0.3 is 10.2 Å². The number of para-hydroxylation sites is 1. The summed E-state index contributed by atoms with van der Waals surface area (Å²) in [7, 11) is 2.18. The Morgan fingerprint density at radius 3 is 2.90 bits per heavy atom. The van der Waals surface area contributed by atoms with E-state index in [1.54, 1.807) is 0 Å². The van der Waals surface area contributed by atoms with Gasteiger partial charge >= 0.3 is 0 Å². The van der Waals surface area contributed by atoms with Gasteiger partial charge in [-0.3, -0.25) is 0 Å². The van der Waals surface area contributed by atoms with Crippen molar-refractivity contribution < 1.29 is 0 Å². The number of hydrogen-bond acceptors (Lipinski definition) is 2. The number of fused-ring (bicyclic) bond motifs is 4. The summed E-state index contributed by atoms with van der Waals surface area (Å²) in [5, 5.41) is 3.73. The topological polar surface area (TPSA) is 15.3 Å². The number of anilines is 2. The van der Waals surface area contributed by atoms with Gasteiger partial charge in [-0.25, -0.2) is 0 Å². The van der Waals surface area contributed by atoms with E-state index in [2.05, 4.69) is 82.6 Å². The molecular formula is C17H17BrN2. The van der Waals surface area contributed by atoms with E-state index in [0.717, 1.165) is 10.9 Å². The van der Waals surface area contributed by atoms with Crippen LogP contribution in [0.3, 0.4) is 0 Å². The molecule has 0 saturated carbocycles. The Morgan fingerprint density at radius 2 is 2.05 bits per heavy atom. The van der Waals surface area contributed by atoms with Crippen LogP contribution in [0.1, 0.15) is 18.1 Å². The van der Waals surface area contributed by atoms with Crippen LogP contribution < -0.4 is 10.2 Å². The van der Waals surface area contributed by atoms with Crippen molar-refractivity contribution in [2.24, 2.45) is 0 Å². The zero-order valence-electron chi connectivity index (χ0n) is 11.7. The van der Waals surface area contributed by atoms with Gasteiger partial charge in [0.05, 0.1) is 0 Å². The summed E-state index contributed by atoms with van der Waals surface area (Å²) in [6, 6.07) is 15.3. The van der Waals surface area contributed by atoms with Crippen molar-refractivity contribution in [1.82, 2.24) is 0 Å². The molecule has 1 unspecified atom stereocenters.